The molecule has 6 nitrogen and oxygen atoms in total. The summed E-state index contributed by atoms with van der Waals surface area (Å²) in [5, 5.41) is 9.37. The highest BCUT2D eigenvalue weighted by Crippen LogP contribution is 2.39. The molecule has 0 radical (unpaired) electrons. The van der Waals surface area contributed by atoms with Gasteiger partial charge in [0.25, 0.3) is 0 Å². The lowest BCUT2D eigenvalue weighted by Crippen LogP contribution is -2.27. The predicted octanol–water partition coefficient (Wildman–Crippen LogP) is 1.71. The minimum atomic E-state index is -1.29. The van der Waals surface area contributed by atoms with E-state index in [1.54, 1.807) is 10.6 Å². The van der Waals surface area contributed by atoms with Gasteiger partial charge in [0.05, 0.1) is 11.2 Å². The molecule has 126 valence electrons. The van der Waals surface area contributed by atoms with Crippen LogP contribution < -0.4 is 16.1 Å². The van der Waals surface area contributed by atoms with Crippen LogP contribution in [-0.2, 0) is 0 Å². The van der Waals surface area contributed by atoms with E-state index < -0.39 is 17.2 Å². The third kappa shape index (κ3) is 2.27. The van der Waals surface area contributed by atoms with E-state index in [9.17, 15) is 14.7 Å². The Morgan fingerprint density at radius 1 is 1.29 bits per heavy atom. The van der Waals surface area contributed by atoms with Crippen molar-refractivity contribution in [1.29, 1.82) is 0 Å². The van der Waals surface area contributed by atoms with Crippen molar-refractivity contribution < 1.29 is 14.3 Å². The van der Waals surface area contributed by atoms with Crippen LogP contribution in [0, 0.1) is 5.82 Å². The Morgan fingerprint density at radius 3 is 2.62 bits per heavy atom. The van der Waals surface area contributed by atoms with Crippen LogP contribution in [0.5, 0.6) is 0 Å². The number of nitrogens with two attached hydrogens (primary N) is 1. The number of pyridine rings is 1. The molecule has 1 atom stereocenters. The zero-order valence-corrected chi connectivity index (χ0v) is 13.0. The summed E-state index contributed by atoms with van der Waals surface area (Å²) in [6, 6.07) is 3.16. The lowest BCUT2D eigenvalue weighted by molar-refractivity contribution is 0.0695. The van der Waals surface area contributed by atoms with Crippen molar-refractivity contribution >= 4 is 22.6 Å². The fraction of sp³-hybridized carbons (Fsp3) is 0.412. The number of rotatable bonds is 3. The second-order valence-electron chi connectivity index (χ2n) is 6.61. The quantitative estimate of drug-likeness (QED) is 0.894. The molecule has 1 aliphatic carbocycles. The van der Waals surface area contributed by atoms with Crippen molar-refractivity contribution in [3.8, 4) is 0 Å². The summed E-state index contributed by atoms with van der Waals surface area (Å²) < 4.78 is 16.8. The van der Waals surface area contributed by atoms with Gasteiger partial charge in [0.1, 0.15) is 5.56 Å². The van der Waals surface area contributed by atoms with Crippen molar-refractivity contribution in [2.24, 2.45) is 5.73 Å². The maximum Gasteiger partial charge on any atom is 0.341 e. The zero-order valence-electron chi connectivity index (χ0n) is 13.0. The van der Waals surface area contributed by atoms with Crippen molar-refractivity contribution in [2.75, 3.05) is 18.0 Å². The van der Waals surface area contributed by atoms with Gasteiger partial charge in [-0.25, -0.2) is 9.18 Å². The van der Waals surface area contributed by atoms with Crippen molar-refractivity contribution in [3.05, 3.63) is 39.9 Å². The molecule has 1 aromatic carbocycles. The number of aromatic nitrogens is 1. The fourth-order valence-electron chi connectivity index (χ4n) is 3.44. The Bertz CT molecular complexity index is 904. The Kier molecular flexibility index (Phi) is 3.35. The molecular formula is C17H18FN3O3. The maximum absolute atomic E-state index is 15.2. The summed E-state index contributed by atoms with van der Waals surface area (Å²) in [4.78, 5) is 25.6. The minimum absolute atomic E-state index is 0.0140. The average molecular weight is 331 g/mol. The van der Waals surface area contributed by atoms with Gasteiger partial charge < -0.3 is 20.3 Å². The van der Waals surface area contributed by atoms with E-state index in [1.807, 2.05) is 4.90 Å². The van der Waals surface area contributed by atoms with E-state index in [0.717, 1.165) is 19.3 Å². The summed E-state index contributed by atoms with van der Waals surface area (Å²) in [5.74, 6) is -1.76. The number of hydrogen-bond donors (Lipinski definition) is 2. The lowest BCUT2D eigenvalue weighted by atomic mass is 10.1. The standard InChI is InChI=1S/C17H18FN3O3/c18-14-13(20-6-5-9(19)7-20)4-3-11-15(14)21(10-1-2-10)8-12(16(11)22)17(23)24/h3-4,8-10H,1-2,5-7,19H2,(H,23,24)/t9-/m0/s1. The van der Waals surface area contributed by atoms with Crippen molar-refractivity contribution in [1.82, 2.24) is 4.57 Å². The van der Waals surface area contributed by atoms with Gasteiger partial charge in [-0.2, -0.15) is 0 Å². The van der Waals surface area contributed by atoms with E-state index in [1.165, 1.54) is 12.3 Å². The first-order chi connectivity index (χ1) is 11.5. The smallest absolute Gasteiger partial charge is 0.341 e. The highest BCUT2D eigenvalue weighted by atomic mass is 19.1. The van der Waals surface area contributed by atoms with Crippen molar-refractivity contribution in [2.45, 2.75) is 31.3 Å². The number of fused-ring (bicyclic) bond motifs is 1. The van der Waals surface area contributed by atoms with Crippen LogP contribution in [0.3, 0.4) is 0 Å². The van der Waals surface area contributed by atoms with Gasteiger partial charge in [-0.3, -0.25) is 4.79 Å². The lowest BCUT2D eigenvalue weighted by Gasteiger charge is -2.21. The van der Waals surface area contributed by atoms with E-state index in [4.69, 9.17) is 5.73 Å². The Morgan fingerprint density at radius 2 is 2.04 bits per heavy atom. The first-order valence-electron chi connectivity index (χ1n) is 8.08. The molecule has 3 N–H and O–H groups in total. The number of halogens is 1. The predicted molar refractivity (Wildman–Crippen MR) is 88.2 cm³/mol. The molecule has 2 fully saturated rings. The van der Waals surface area contributed by atoms with Crippen LogP contribution in [0.4, 0.5) is 10.1 Å². The van der Waals surface area contributed by atoms with Crippen LogP contribution in [-0.4, -0.2) is 34.8 Å². The molecule has 2 heterocycles. The summed E-state index contributed by atoms with van der Waals surface area (Å²) in [6.45, 7) is 1.24. The molecular weight excluding hydrogens is 313 g/mol. The first-order valence-corrected chi connectivity index (χ1v) is 8.08. The number of aromatic carboxylic acids is 1. The van der Waals surface area contributed by atoms with Crippen LogP contribution in [0.1, 0.15) is 35.7 Å². The first kappa shape index (κ1) is 15.1. The molecule has 1 aliphatic heterocycles. The Balaban J connectivity index is 1.97. The number of carbonyl (C=O) groups is 1. The average Bonchev–Trinajstić information content (AvgIpc) is 3.29. The summed E-state index contributed by atoms with van der Waals surface area (Å²) in [6.07, 6.45) is 3.79. The third-order valence-electron chi connectivity index (χ3n) is 4.85. The highest BCUT2D eigenvalue weighted by molar-refractivity contribution is 5.93. The largest absolute Gasteiger partial charge is 0.477 e. The van der Waals surface area contributed by atoms with E-state index in [-0.39, 0.29) is 28.6 Å². The topological polar surface area (TPSA) is 88.6 Å². The van der Waals surface area contributed by atoms with Gasteiger partial charge in [-0.05, 0) is 31.4 Å². The second kappa shape index (κ2) is 5.31. The summed E-state index contributed by atoms with van der Waals surface area (Å²) >= 11 is 0. The molecule has 1 saturated heterocycles. The van der Waals surface area contributed by atoms with Gasteiger partial charge in [0.2, 0.25) is 5.43 Å². The number of anilines is 1. The monoisotopic (exact) mass is 331 g/mol. The Hall–Kier alpha value is -2.41. The van der Waals surface area contributed by atoms with Crippen LogP contribution in [0.2, 0.25) is 0 Å². The molecule has 0 amide bonds. The van der Waals surface area contributed by atoms with Gasteiger partial charge >= 0.3 is 5.97 Å². The van der Waals surface area contributed by atoms with Crippen LogP contribution in [0.15, 0.2) is 23.1 Å². The molecule has 24 heavy (non-hydrogen) atoms. The minimum Gasteiger partial charge on any atom is -0.477 e. The Labute approximate surface area is 137 Å². The van der Waals surface area contributed by atoms with Gasteiger partial charge in [0, 0.05) is 36.8 Å². The summed E-state index contributed by atoms with van der Waals surface area (Å²) in [5.41, 5.74) is 5.57. The molecule has 0 spiro atoms. The normalized spacial score (nSPS) is 20.8. The van der Waals surface area contributed by atoms with E-state index in [0.29, 0.717) is 18.8 Å². The SMILES string of the molecule is N[C@H]1CCN(c2ccc3c(=O)c(C(=O)O)cn(C4CC4)c3c2F)C1. The molecule has 2 aliphatic rings. The number of carboxylic acid groups (broad SMARTS) is 1. The molecule has 1 saturated carbocycles. The number of carboxylic acids is 1. The fourth-order valence-corrected chi connectivity index (χ4v) is 3.44. The number of benzene rings is 1. The molecule has 7 heteroatoms. The molecule has 0 unspecified atom stereocenters. The number of hydrogen-bond acceptors (Lipinski definition) is 4. The van der Waals surface area contributed by atoms with Gasteiger partial charge in [0.15, 0.2) is 5.82 Å². The third-order valence-corrected chi connectivity index (χ3v) is 4.85. The zero-order chi connectivity index (χ0) is 17.0. The van der Waals surface area contributed by atoms with E-state index in [2.05, 4.69) is 0 Å². The molecule has 2 aromatic rings. The summed E-state index contributed by atoms with van der Waals surface area (Å²) in [7, 11) is 0. The molecule has 1 aromatic heterocycles. The second-order valence-corrected chi connectivity index (χ2v) is 6.61. The van der Waals surface area contributed by atoms with Gasteiger partial charge in [-0.15, -0.1) is 0 Å². The van der Waals surface area contributed by atoms with Gasteiger partial charge in [-0.1, -0.05) is 0 Å². The molecule has 4 rings (SSSR count). The van der Waals surface area contributed by atoms with E-state index >= 15 is 4.39 Å². The molecule has 0 bridgehead atoms. The highest BCUT2D eigenvalue weighted by Gasteiger charge is 2.30. The number of nitrogens with zero attached hydrogens (tertiary/aromatic N) is 2. The van der Waals surface area contributed by atoms with Crippen LogP contribution >= 0.6 is 0 Å². The van der Waals surface area contributed by atoms with Crippen LogP contribution in [0.25, 0.3) is 10.9 Å². The van der Waals surface area contributed by atoms with Crippen molar-refractivity contribution in [3.63, 3.8) is 0 Å². The maximum atomic E-state index is 15.2.